The fourth-order valence-electron chi connectivity index (χ4n) is 2.59. The summed E-state index contributed by atoms with van der Waals surface area (Å²) in [6, 6.07) is 5.18. The normalized spacial score (nSPS) is 11.2. The van der Waals surface area contributed by atoms with E-state index in [1.54, 1.807) is 22.8 Å². The minimum Gasteiger partial charge on any atom is -0.477 e. The highest BCUT2D eigenvalue weighted by Crippen LogP contribution is 2.18. The number of aromatic nitrogens is 1. The zero-order valence-electron chi connectivity index (χ0n) is 12.9. The molecule has 0 aliphatic carbocycles. The van der Waals surface area contributed by atoms with Crippen molar-refractivity contribution in [3.63, 3.8) is 0 Å². The number of benzene rings is 1. The van der Waals surface area contributed by atoms with Crippen LogP contribution in [0.15, 0.2) is 29.2 Å². The third-order valence-electron chi connectivity index (χ3n) is 3.92. The smallest absolute Gasteiger partial charge is 0.341 e. The van der Waals surface area contributed by atoms with Crippen molar-refractivity contribution in [2.75, 3.05) is 25.4 Å². The zero-order valence-corrected chi connectivity index (χ0v) is 12.9. The number of anilines is 1. The van der Waals surface area contributed by atoms with Crippen molar-refractivity contribution >= 4 is 22.6 Å². The van der Waals surface area contributed by atoms with Gasteiger partial charge in [-0.25, -0.2) is 4.79 Å². The van der Waals surface area contributed by atoms with Gasteiger partial charge in [0.1, 0.15) is 5.56 Å². The molecular formula is C16H21N3O3. The first kappa shape index (κ1) is 16.0. The van der Waals surface area contributed by atoms with Crippen LogP contribution in [0.2, 0.25) is 0 Å². The lowest BCUT2D eigenvalue weighted by molar-refractivity contribution is 0.0694. The molecule has 2 rings (SSSR count). The van der Waals surface area contributed by atoms with Gasteiger partial charge in [0.05, 0.1) is 10.9 Å². The van der Waals surface area contributed by atoms with Crippen LogP contribution in [0.25, 0.3) is 10.9 Å². The summed E-state index contributed by atoms with van der Waals surface area (Å²) >= 11 is 0. The Kier molecular flexibility index (Phi) is 4.82. The van der Waals surface area contributed by atoms with Gasteiger partial charge in [-0.3, -0.25) is 4.79 Å². The molecule has 0 aliphatic heterocycles. The summed E-state index contributed by atoms with van der Waals surface area (Å²) in [6.45, 7) is 7.37. The van der Waals surface area contributed by atoms with Crippen LogP contribution in [-0.2, 0) is 6.54 Å². The van der Waals surface area contributed by atoms with Gasteiger partial charge in [-0.05, 0) is 25.2 Å². The number of hydrogen-bond acceptors (Lipinski definition) is 4. The van der Waals surface area contributed by atoms with E-state index >= 15 is 0 Å². The van der Waals surface area contributed by atoms with Gasteiger partial charge >= 0.3 is 5.97 Å². The van der Waals surface area contributed by atoms with E-state index < -0.39 is 11.4 Å². The maximum absolute atomic E-state index is 12.3. The van der Waals surface area contributed by atoms with Crippen molar-refractivity contribution < 1.29 is 9.90 Å². The number of nitrogens with zero attached hydrogens (tertiary/aromatic N) is 2. The van der Waals surface area contributed by atoms with E-state index in [0.717, 1.165) is 19.6 Å². The molecule has 0 fully saturated rings. The van der Waals surface area contributed by atoms with Crippen LogP contribution in [0, 0.1) is 0 Å². The summed E-state index contributed by atoms with van der Waals surface area (Å²) in [5, 5.41) is 9.53. The van der Waals surface area contributed by atoms with E-state index in [4.69, 9.17) is 5.73 Å². The molecule has 1 aromatic heterocycles. The van der Waals surface area contributed by atoms with E-state index in [1.165, 1.54) is 6.20 Å². The number of likely N-dealkylation sites (N-methyl/N-ethyl adjacent to an activating group) is 1. The molecule has 3 N–H and O–H groups in total. The standard InChI is InChI=1S/C16H21N3O3/c1-3-18(4-2)8-9-19-10-11(16(21)22)15(20)14-12(17)6-5-7-13(14)19/h5-7,10H,3-4,8-9,17H2,1-2H3,(H,21,22). The van der Waals surface area contributed by atoms with Gasteiger partial charge in [0.2, 0.25) is 5.43 Å². The fraction of sp³-hybridized carbons (Fsp3) is 0.375. The number of rotatable bonds is 6. The summed E-state index contributed by atoms with van der Waals surface area (Å²) in [4.78, 5) is 25.9. The quantitative estimate of drug-likeness (QED) is 0.792. The van der Waals surface area contributed by atoms with Crippen molar-refractivity contribution in [1.82, 2.24) is 9.47 Å². The average molecular weight is 303 g/mol. The number of carbonyl (C=O) groups is 1. The maximum Gasteiger partial charge on any atom is 0.341 e. The first-order chi connectivity index (χ1) is 10.5. The molecule has 0 spiro atoms. The van der Waals surface area contributed by atoms with Gasteiger partial charge in [0.15, 0.2) is 0 Å². The van der Waals surface area contributed by atoms with Crippen LogP contribution in [0.4, 0.5) is 5.69 Å². The van der Waals surface area contributed by atoms with Gasteiger partial charge in [-0.2, -0.15) is 0 Å². The zero-order chi connectivity index (χ0) is 16.3. The second-order valence-electron chi connectivity index (χ2n) is 5.14. The molecule has 22 heavy (non-hydrogen) atoms. The van der Waals surface area contributed by atoms with Crippen LogP contribution < -0.4 is 11.2 Å². The lowest BCUT2D eigenvalue weighted by atomic mass is 10.1. The van der Waals surface area contributed by atoms with Crippen LogP contribution in [0.1, 0.15) is 24.2 Å². The van der Waals surface area contributed by atoms with E-state index in [1.807, 2.05) is 0 Å². The van der Waals surface area contributed by atoms with E-state index in [9.17, 15) is 14.7 Å². The number of carboxylic acid groups (broad SMARTS) is 1. The Bertz CT molecular complexity index is 748. The van der Waals surface area contributed by atoms with Crippen LogP contribution in [0.3, 0.4) is 0 Å². The Balaban J connectivity index is 2.58. The summed E-state index contributed by atoms with van der Waals surface area (Å²) < 4.78 is 1.80. The molecule has 0 amide bonds. The Morgan fingerprint density at radius 3 is 2.59 bits per heavy atom. The highest BCUT2D eigenvalue weighted by molar-refractivity contribution is 5.97. The summed E-state index contributed by atoms with van der Waals surface area (Å²) in [6.07, 6.45) is 1.41. The van der Waals surface area contributed by atoms with Gasteiger partial charge in [-0.1, -0.05) is 19.9 Å². The topological polar surface area (TPSA) is 88.6 Å². The Morgan fingerprint density at radius 2 is 2.00 bits per heavy atom. The molecule has 0 aliphatic rings. The molecule has 2 aromatic rings. The van der Waals surface area contributed by atoms with Gasteiger partial charge in [-0.15, -0.1) is 0 Å². The van der Waals surface area contributed by atoms with E-state index in [0.29, 0.717) is 17.7 Å². The number of nitrogens with two attached hydrogens (primary N) is 1. The van der Waals surface area contributed by atoms with Crippen molar-refractivity contribution in [3.05, 3.63) is 40.2 Å². The number of pyridine rings is 1. The monoisotopic (exact) mass is 303 g/mol. The largest absolute Gasteiger partial charge is 0.477 e. The highest BCUT2D eigenvalue weighted by atomic mass is 16.4. The second kappa shape index (κ2) is 6.62. The lowest BCUT2D eigenvalue weighted by Gasteiger charge is -2.20. The molecule has 6 heteroatoms. The number of nitrogen functional groups attached to an aromatic ring is 1. The average Bonchev–Trinajstić information content (AvgIpc) is 2.49. The molecule has 1 heterocycles. The Labute approximate surface area is 128 Å². The van der Waals surface area contributed by atoms with Gasteiger partial charge in [0, 0.05) is 25.0 Å². The molecular weight excluding hydrogens is 282 g/mol. The second-order valence-corrected chi connectivity index (χ2v) is 5.14. The predicted molar refractivity (Wildman–Crippen MR) is 87.4 cm³/mol. The molecule has 0 unspecified atom stereocenters. The number of carboxylic acids is 1. The Hall–Kier alpha value is -2.34. The third kappa shape index (κ3) is 2.96. The molecule has 6 nitrogen and oxygen atoms in total. The van der Waals surface area contributed by atoms with E-state index in [2.05, 4.69) is 18.7 Å². The van der Waals surface area contributed by atoms with Gasteiger partial charge in [0.25, 0.3) is 0 Å². The lowest BCUT2D eigenvalue weighted by Crippen LogP contribution is -2.28. The van der Waals surface area contributed by atoms with Crippen LogP contribution in [-0.4, -0.2) is 40.2 Å². The summed E-state index contributed by atoms with van der Waals surface area (Å²) in [7, 11) is 0. The Morgan fingerprint density at radius 1 is 1.32 bits per heavy atom. The van der Waals surface area contributed by atoms with Crippen LogP contribution in [0.5, 0.6) is 0 Å². The van der Waals surface area contributed by atoms with E-state index in [-0.39, 0.29) is 10.9 Å². The van der Waals surface area contributed by atoms with Crippen LogP contribution >= 0.6 is 0 Å². The predicted octanol–water partition coefficient (Wildman–Crippen LogP) is 1.62. The van der Waals surface area contributed by atoms with Gasteiger partial charge < -0.3 is 20.3 Å². The molecule has 0 bridgehead atoms. The van der Waals surface area contributed by atoms with Crippen molar-refractivity contribution in [2.45, 2.75) is 20.4 Å². The minimum absolute atomic E-state index is 0.245. The minimum atomic E-state index is -1.23. The summed E-state index contributed by atoms with van der Waals surface area (Å²) in [5.41, 5.74) is 6.09. The summed E-state index contributed by atoms with van der Waals surface area (Å²) in [5.74, 6) is -1.23. The molecule has 1 aromatic carbocycles. The number of fused-ring (bicyclic) bond motifs is 1. The first-order valence-corrected chi connectivity index (χ1v) is 7.36. The van der Waals surface area contributed by atoms with Crippen molar-refractivity contribution in [1.29, 1.82) is 0 Å². The SMILES string of the molecule is CCN(CC)CCn1cc(C(=O)O)c(=O)c2c(N)cccc21. The van der Waals surface area contributed by atoms with Crippen molar-refractivity contribution in [2.24, 2.45) is 0 Å². The molecule has 0 saturated carbocycles. The third-order valence-corrected chi connectivity index (χ3v) is 3.92. The molecule has 118 valence electrons. The van der Waals surface area contributed by atoms with Crippen molar-refractivity contribution in [3.8, 4) is 0 Å². The molecule has 0 radical (unpaired) electrons. The number of hydrogen-bond donors (Lipinski definition) is 2. The molecule has 0 saturated heterocycles. The first-order valence-electron chi connectivity index (χ1n) is 7.36. The maximum atomic E-state index is 12.3. The number of aromatic carboxylic acids is 1. The fourth-order valence-corrected chi connectivity index (χ4v) is 2.59. The molecule has 0 atom stereocenters. The highest BCUT2D eigenvalue weighted by Gasteiger charge is 2.16.